The highest BCUT2D eigenvalue weighted by Crippen LogP contribution is 2.43. The van der Waals surface area contributed by atoms with Crippen LogP contribution in [0.1, 0.15) is 22.9 Å². The first-order valence-electron chi connectivity index (χ1n) is 19.2. The smallest absolute Gasteiger partial charge is 0.159 e. The fourth-order valence-electron chi connectivity index (χ4n) is 8.20. The summed E-state index contributed by atoms with van der Waals surface area (Å²) in [6.45, 7) is 0. The highest BCUT2D eigenvalue weighted by atomic mass is 16.3. The Bertz CT molecular complexity index is 3200. The number of nitrogens with zero attached hydrogens (tertiary/aromatic N) is 3. The van der Waals surface area contributed by atoms with Crippen molar-refractivity contribution < 1.29 is 4.42 Å². The Morgan fingerprint density at radius 2 is 1.07 bits per heavy atom. The molecule has 0 radical (unpaired) electrons. The number of hydrogen-bond acceptors (Lipinski definition) is 5. The number of aromatic nitrogens is 1. The first-order valence-corrected chi connectivity index (χ1v) is 19.2. The molecule has 1 N–H and O–H groups in total. The van der Waals surface area contributed by atoms with Gasteiger partial charge in [-0.15, -0.1) is 0 Å². The normalized spacial score (nSPS) is 14.1. The van der Waals surface area contributed by atoms with E-state index in [0.717, 1.165) is 99.7 Å². The summed E-state index contributed by atoms with van der Waals surface area (Å²) in [5.74, 6) is 1.49. The summed E-state index contributed by atoms with van der Waals surface area (Å²) in [5.41, 5.74) is 12.1. The lowest BCUT2D eigenvalue weighted by Gasteiger charge is -2.24. The molecule has 0 amide bonds. The van der Waals surface area contributed by atoms with Crippen LogP contribution in [0.15, 0.2) is 209 Å². The van der Waals surface area contributed by atoms with Crippen molar-refractivity contribution in [2.24, 2.45) is 9.98 Å². The average Bonchev–Trinajstić information content (AvgIpc) is 3.69. The van der Waals surface area contributed by atoms with Crippen LogP contribution in [-0.4, -0.2) is 16.7 Å². The van der Waals surface area contributed by atoms with E-state index in [1.54, 1.807) is 0 Å². The standard InChI is InChI=1S/C52H34N4O/c1-4-15-33(16-5-1)48-42-29-30-45-47(46(42)41-25-10-11-28-44(41)53-48)43-27-14-26-40(49(43)57-45)38-23-12-21-36(31-38)37-22-13-24-39(32-37)52-55-50(34-17-6-2-7-18-34)54-51(56-52)35-19-8-3-9-20-35/h1-32,50H,(H,54,55,56). The first-order chi connectivity index (χ1) is 28.2. The molecule has 10 aromatic rings. The summed E-state index contributed by atoms with van der Waals surface area (Å²) in [7, 11) is 0. The van der Waals surface area contributed by atoms with Gasteiger partial charge in [0.05, 0.1) is 11.2 Å². The molecule has 0 spiro atoms. The molecule has 5 nitrogen and oxygen atoms in total. The Morgan fingerprint density at radius 3 is 1.86 bits per heavy atom. The van der Waals surface area contributed by atoms with Gasteiger partial charge in [0, 0.05) is 49.2 Å². The fraction of sp³-hybridized carbons (Fsp3) is 0.0192. The number of benzene rings is 8. The van der Waals surface area contributed by atoms with Crippen molar-refractivity contribution in [1.29, 1.82) is 0 Å². The number of hydrogen-bond donors (Lipinski definition) is 1. The molecule has 0 fully saturated rings. The number of aliphatic imine (C=N–C) groups is 2. The van der Waals surface area contributed by atoms with Crippen LogP contribution >= 0.6 is 0 Å². The summed E-state index contributed by atoms with van der Waals surface area (Å²) in [6.07, 6.45) is -0.263. The van der Waals surface area contributed by atoms with Crippen molar-refractivity contribution >= 4 is 55.3 Å². The number of rotatable bonds is 6. The summed E-state index contributed by atoms with van der Waals surface area (Å²) in [5, 5.41) is 9.19. The molecular formula is C52H34N4O. The average molecular weight is 731 g/mol. The van der Waals surface area contributed by atoms with Gasteiger partial charge < -0.3 is 9.73 Å². The van der Waals surface area contributed by atoms with E-state index in [9.17, 15) is 0 Å². The van der Waals surface area contributed by atoms with Gasteiger partial charge in [-0.2, -0.15) is 0 Å². The number of pyridine rings is 1. The van der Waals surface area contributed by atoms with E-state index < -0.39 is 0 Å². The van der Waals surface area contributed by atoms with Gasteiger partial charge in [0.25, 0.3) is 0 Å². The molecule has 0 saturated heterocycles. The van der Waals surface area contributed by atoms with Gasteiger partial charge in [-0.05, 0) is 52.6 Å². The highest BCUT2D eigenvalue weighted by Gasteiger charge is 2.22. The molecule has 5 heteroatoms. The van der Waals surface area contributed by atoms with E-state index >= 15 is 0 Å². The van der Waals surface area contributed by atoms with Gasteiger partial charge >= 0.3 is 0 Å². The highest BCUT2D eigenvalue weighted by molar-refractivity contribution is 6.29. The van der Waals surface area contributed by atoms with Crippen LogP contribution in [-0.2, 0) is 0 Å². The number of fused-ring (bicyclic) bond motifs is 7. The SMILES string of the molecule is c1ccc(C2=NC(c3ccccc3)NC(c3cccc(-c4cccc(-c5cccc6c5oc5ccc7c(-c8ccccc8)nc8ccccc8c7c56)c4)c3)=N2)cc1. The minimum absolute atomic E-state index is 0.263. The summed E-state index contributed by atoms with van der Waals surface area (Å²) in [6, 6.07) is 67.4. The molecule has 1 aliphatic heterocycles. The van der Waals surface area contributed by atoms with Crippen molar-refractivity contribution in [3.63, 3.8) is 0 Å². The molecule has 268 valence electrons. The maximum absolute atomic E-state index is 6.82. The van der Waals surface area contributed by atoms with Gasteiger partial charge in [-0.1, -0.05) is 164 Å². The second-order valence-electron chi connectivity index (χ2n) is 14.4. The van der Waals surface area contributed by atoms with Gasteiger partial charge in [-0.3, -0.25) is 0 Å². The van der Waals surface area contributed by atoms with Crippen LogP contribution in [0.3, 0.4) is 0 Å². The van der Waals surface area contributed by atoms with Crippen LogP contribution in [0.25, 0.3) is 77.1 Å². The number of furan rings is 1. The predicted octanol–water partition coefficient (Wildman–Crippen LogP) is 12.8. The van der Waals surface area contributed by atoms with Gasteiger partial charge in [-0.25, -0.2) is 15.0 Å². The molecule has 1 aliphatic rings. The van der Waals surface area contributed by atoms with E-state index in [4.69, 9.17) is 19.4 Å². The van der Waals surface area contributed by atoms with Crippen molar-refractivity contribution in [2.45, 2.75) is 6.17 Å². The minimum atomic E-state index is -0.263. The molecule has 3 heterocycles. The quantitative estimate of drug-likeness (QED) is 0.173. The largest absolute Gasteiger partial charge is 0.455 e. The zero-order chi connectivity index (χ0) is 37.7. The third-order valence-corrected chi connectivity index (χ3v) is 10.9. The van der Waals surface area contributed by atoms with E-state index in [-0.39, 0.29) is 6.17 Å². The summed E-state index contributed by atoms with van der Waals surface area (Å²) in [4.78, 5) is 15.2. The minimum Gasteiger partial charge on any atom is -0.455 e. The Hall–Kier alpha value is -7.63. The van der Waals surface area contributed by atoms with Gasteiger partial charge in [0.15, 0.2) is 5.84 Å². The molecule has 8 aromatic carbocycles. The molecule has 1 unspecified atom stereocenters. The van der Waals surface area contributed by atoms with E-state index in [1.807, 2.05) is 42.5 Å². The maximum Gasteiger partial charge on any atom is 0.159 e. The Morgan fingerprint density at radius 1 is 0.456 bits per heavy atom. The summed E-state index contributed by atoms with van der Waals surface area (Å²) < 4.78 is 6.82. The Labute approximate surface area is 329 Å². The fourth-order valence-corrected chi connectivity index (χ4v) is 8.20. The molecule has 1 atom stereocenters. The number of amidine groups is 2. The molecule has 2 aromatic heterocycles. The number of nitrogens with one attached hydrogen (secondary N) is 1. The van der Waals surface area contributed by atoms with E-state index in [0.29, 0.717) is 5.84 Å². The molecular weight excluding hydrogens is 697 g/mol. The molecule has 0 aliphatic carbocycles. The van der Waals surface area contributed by atoms with Gasteiger partial charge in [0.2, 0.25) is 0 Å². The molecule has 0 bridgehead atoms. The van der Waals surface area contributed by atoms with Crippen molar-refractivity contribution in [1.82, 2.24) is 10.3 Å². The van der Waals surface area contributed by atoms with E-state index in [2.05, 4.69) is 157 Å². The molecule has 11 rings (SSSR count). The van der Waals surface area contributed by atoms with Crippen molar-refractivity contribution in [3.8, 4) is 33.5 Å². The third kappa shape index (κ3) is 5.76. The van der Waals surface area contributed by atoms with Crippen LogP contribution in [0, 0.1) is 0 Å². The van der Waals surface area contributed by atoms with E-state index in [1.165, 1.54) is 0 Å². The Balaban J connectivity index is 1.02. The molecule has 0 saturated carbocycles. The zero-order valence-electron chi connectivity index (χ0n) is 30.8. The first kappa shape index (κ1) is 32.8. The lowest BCUT2D eigenvalue weighted by atomic mass is 9.94. The maximum atomic E-state index is 6.82. The third-order valence-electron chi connectivity index (χ3n) is 10.9. The number of para-hydroxylation sites is 2. The van der Waals surface area contributed by atoms with Crippen LogP contribution in [0.2, 0.25) is 0 Å². The Kier molecular flexibility index (Phi) is 7.81. The second-order valence-corrected chi connectivity index (χ2v) is 14.4. The lowest BCUT2D eigenvalue weighted by Crippen LogP contribution is -2.33. The lowest BCUT2D eigenvalue weighted by molar-refractivity contribution is 0.670. The van der Waals surface area contributed by atoms with Crippen LogP contribution in [0.4, 0.5) is 0 Å². The topological polar surface area (TPSA) is 62.8 Å². The van der Waals surface area contributed by atoms with Gasteiger partial charge in [0.1, 0.15) is 23.2 Å². The molecule has 57 heavy (non-hydrogen) atoms. The monoisotopic (exact) mass is 730 g/mol. The van der Waals surface area contributed by atoms with Crippen LogP contribution < -0.4 is 5.32 Å². The van der Waals surface area contributed by atoms with Crippen molar-refractivity contribution in [2.75, 3.05) is 0 Å². The van der Waals surface area contributed by atoms with Crippen molar-refractivity contribution in [3.05, 3.63) is 211 Å². The second kappa shape index (κ2) is 13.6. The zero-order valence-corrected chi connectivity index (χ0v) is 30.8. The summed E-state index contributed by atoms with van der Waals surface area (Å²) >= 11 is 0. The predicted molar refractivity (Wildman–Crippen MR) is 235 cm³/mol. The van der Waals surface area contributed by atoms with Crippen LogP contribution in [0.5, 0.6) is 0 Å².